The monoisotopic (exact) mass is 323 g/mol. The number of nitrogens with zero attached hydrogens (tertiary/aromatic N) is 2. The standard InChI is InChI=1S/C16H25N3O4/c1-2-22-14-3-5-15(6-4-14)23-13-17-16(21)19-9-7-18(8-10-19)11-12-20/h3-6,20H,2,7-13H2,1H3,(H,17,21). The van der Waals surface area contributed by atoms with Crippen LogP contribution >= 0.6 is 0 Å². The Balaban J connectivity index is 1.66. The minimum Gasteiger partial charge on any atom is -0.494 e. The number of nitrogens with one attached hydrogen (secondary N) is 1. The highest BCUT2D eigenvalue weighted by Gasteiger charge is 2.20. The molecule has 1 fully saturated rings. The molecular weight excluding hydrogens is 298 g/mol. The molecule has 1 aromatic rings. The molecule has 1 aromatic carbocycles. The van der Waals surface area contributed by atoms with Gasteiger partial charge in [0.15, 0.2) is 6.73 Å². The van der Waals surface area contributed by atoms with Crippen LogP contribution in [-0.4, -0.2) is 73.6 Å². The lowest BCUT2D eigenvalue weighted by atomic mass is 10.3. The zero-order chi connectivity index (χ0) is 16.5. The summed E-state index contributed by atoms with van der Waals surface area (Å²) in [5.41, 5.74) is 0. The van der Waals surface area contributed by atoms with E-state index in [9.17, 15) is 4.79 Å². The molecule has 1 aliphatic rings. The lowest BCUT2D eigenvalue weighted by Gasteiger charge is -2.34. The van der Waals surface area contributed by atoms with E-state index in [2.05, 4.69) is 10.2 Å². The number of β-amino-alcohol motifs (C(OH)–C–C–N with tert-alkyl or cyclic N) is 1. The number of aliphatic hydroxyl groups excluding tert-OH is 1. The number of rotatable bonds is 7. The van der Waals surface area contributed by atoms with Gasteiger partial charge >= 0.3 is 6.03 Å². The Hall–Kier alpha value is -1.99. The second-order valence-corrected chi connectivity index (χ2v) is 5.23. The summed E-state index contributed by atoms with van der Waals surface area (Å²) >= 11 is 0. The van der Waals surface area contributed by atoms with Gasteiger partial charge in [-0.05, 0) is 31.2 Å². The van der Waals surface area contributed by atoms with E-state index in [4.69, 9.17) is 14.6 Å². The second kappa shape index (κ2) is 9.22. The van der Waals surface area contributed by atoms with E-state index in [-0.39, 0.29) is 19.4 Å². The summed E-state index contributed by atoms with van der Waals surface area (Å²) in [6, 6.07) is 7.16. The van der Waals surface area contributed by atoms with E-state index >= 15 is 0 Å². The molecule has 0 aromatic heterocycles. The molecule has 23 heavy (non-hydrogen) atoms. The van der Waals surface area contributed by atoms with Gasteiger partial charge in [-0.2, -0.15) is 0 Å². The Morgan fingerprint density at radius 3 is 2.30 bits per heavy atom. The van der Waals surface area contributed by atoms with Gasteiger partial charge in [0.1, 0.15) is 11.5 Å². The quantitative estimate of drug-likeness (QED) is 0.724. The van der Waals surface area contributed by atoms with Crippen LogP contribution in [0.1, 0.15) is 6.92 Å². The van der Waals surface area contributed by atoms with E-state index < -0.39 is 0 Å². The van der Waals surface area contributed by atoms with Crippen LogP contribution in [0.3, 0.4) is 0 Å². The molecule has 0 unspecified atom stereocenters. The van der Waals surface area contributed by atoms with Gasteiger partial charge in [-0.15, -0.1) is 0 Å². The van der Waals surface area contributed by atoms with Crippen molar-refractivity contribution in [1.82, 2.24) is 15.1 Å². The number of piperazine rings is 1. The maximum absolute atomic E-state index is 12.0. The Morgan fingerprint density at radius 1 is 1.13 bits per heavy atom. The topological polar surface area (TPSA) is 74.3 Å². The summed E-state index contributed by atoms with van der Waals surface area (Å²) in [5.74, 6) is 1.48. The summed E-state index contributed by atoms with van der Waals surface area (Å²) in [6.45, 7) is 6.40. The average Bonchev–Trinajstić information content (AvgIpc) is 2.57. The predicted octanol–water partition coefficient (Wildman–Crippen LogP) is 0.741. The SMILES string of the molecule is CCOc1ccc(OCNC(=O)N2CCN(CCO)CC2)cc1. The summed E-state index contributed by atoms with van der Waals surface area (Å²) < 4.78 is 10.9. The molecule has 0 saturated carbocycles. The molecule has 7 nitrogen and oxygen atoms in total. The van der Waals surface area contributed by atoms with Crippen molar-refractivity contribution in [2.75, 3.05) is 52.7 Å². The van der Waals surface area contributed by atoms with Crippen LogP contribution in [0.5, 0.6) is 11.5 Å². The zero-order valence-corrected chi connectivity index (χ0v) is 13.5. The molecule has 2 N–H and O–H groups in total. The van der Waals surface area contributed by atoms with Gasteiger partial charge in [-0.25, -0.2) is 4.79 Å². The number of benzene rings is 1. The maximum Gasteiger partial charge on any atom is 0.320 e. The fourth-order valence-electron chi connectivity index (χ4n) is 2.41. The molecule has 1 aliphatic heterocycles. The molecule has 0 radical (unpaired) electrons. The number of urea groups is 1. The Bertz CT molecular complexity index is 473. The number of hydrogen-bond acceptors (Lipinski definition) is 5. The van der Waals surface area contributed by atoms with Crippen LogP contribution in [0.25, 0.3) is 0 Å². The first-order chi connectivity index (χ1) is 11.2. The summed E-state index contributed by atoms with van der Waals surface area (Å²) in [7, 11) is 0. The third-order valence-corrected chi connectivity index (χ3v) is 3.67. The Labute approximate surface area is 136 Å². The van der Waals surface area contributed by atoms with Crippen molar-refractivity contribution in [3.8, 4) is 11.5 Å². The lowest BCUT2D eigenvalue weighted by molar-refractivity contribution is 0.118. The molecule has 7 heteroatoms. The first kappa shape index (κ1) is 17.4. The molecule has 128 valence electrons. The van der Waals surface area contributed by atoms with Crippen molar-refractivity contribution in [1.29, 1.82) is 0 Å². The van der Waals surface area contributed by atoms with E-state index in [1.807, 2.05) is 31.2 Å². The van der Waals surface area contributed by atoms with E-state index in [0.717, 1.165) is 18.8 Å². The van der Waals surface area contributed by atoms with Gasteiger partial charge in [-0.3, -0.25) is 4.90 Å². The number of ether oxygens (including phenoxy) is 2. The lowest BCUT2D eigenvalue weighted by Crippen LogP contribution is -2.52. The van der Waals surface area contributed by atoms with Crippen LogP contribution in [0.2, 0.25) is 0 Å². The third-order valence-electron chi connectivity index (χ3n) is 3.67. The van der Waals surface area contributed by atoms with Gasteiger partial charge in [0, 0.05) is 32.7 Å². The summed E-state index contributed by atoms with van der Waals surface area (Å²) in [6.07, 6.45) is 0. The number of hydrogen-bond donors (Lipinski definition) is 2. The smallest absolute Gasteiger partial charge is 0.320 e. The highest BCUT2D eigenvalue weighted by molar-refractivity contribution is 5.74. The third kappa shape index (κ3) is 5.61. The first-order valence-corrected chi connectivity index (χ1v) is 7.94. The molecule has 1 heterocycles. The van der Waals surface area contributed by atoms with Crippen LogP contribution in [0.15, 0.2) is 24.3 Å². The highest BCUT2D eigenvalue weighted by atomic mass is 16.5. The molecule has 0 aliphatic carbocycles. The molecule has 1 saturated heterocycles. The van der Waals surface area contributed by atoms with Crippen LogP contribution in [-0.2, 0) is 0 Å². The van der Waals surface area contributed by atoms with Crippen molar-refractivity contribution in [3.05, 3.63) is 24.3 Å². The van der Waals surface area contributed by atoms with E-state index in [1.165, 1.54) is 0 Å². The van der Waals surface area contributed by atoms with Gasteiger partial charge in [0.2, 0.25) is 0 Å². The Morgan fingerprint density at radius 2 is 1.74 bits per heavy atom. The van der Waals surface area contributed by atoms with Crippen molar-refractivity contribution in [2.24, 2.45) is 0 Å². The zero-order valence-electron chi connectivity index (χ0n) is 13.5. The number of aliphatic hydroxyl groups is 1. The molecule has 2 rings (SSSR count). The molecule has 0 atom stereocenters. The number of carbonyl (C=O) groups is 1. The van der Waals surface area contributed by atoms with Crippen LogP contribution in [0, 0.1) is 0 Å². The molecule has 0 bridgehead atoms. The van der Waals surface area contributed by atoms with Crippen molar-refractivity contribution >= 4 is 6.03 Å². The highest BCUT2D eigenvalue weighted by Crippen LogP contribution is 2.17. The van der Waals surface area contributed by atoms with E-state index in [0.29, 0.717) is 32.0 Å². The minimum absolute atomic E-state index is 0.125. The summed E-state index contributed by atoms with van der Waals surface area (Å²) in [4.78, 5) is 15.9. The van der Waals surface area contributed by atoms with Gasteiger partial charge in [0.05, 0.1) is 13.2 Å². The predicted molar refractivity (Wildman–Crippen MR) is 86.7 cm³/mol. The normalized spacial score (nSPS) is 15.3. The minimum atomic E-state index is -0.125. The van der Waals surface area contributed by atoms with Gasteiger partial charge in [-0.1, -0.05) is 0 Å². The van der Waals surface area contributed by atoms with Crippen LogP contribution < -0.4 is 14.8 Å². The molecule has 2 amide bonds. The van der Waals surface area contributed by atoms with Crippen molar-refractivity contribution in [2.45, 2.75) is 6.92 Å². The Kier molecular flexibility index (Phi) is 6.96. The second-order valence-electron chi connectivity index (χ2n) is 5.23. The van der Waals surface area contributed by atoms with Crippen LogP contribution in [0.4, 0.5) is 4.79 Å². The number of amides is 2. The van der Waals surface area contributed by atoms with E-state index in [1.54, 1.807) is 4.90 Å². The van der Waals surface area contributed by atoms with Gasteiger partial charge < -0.3 is 24.8 Å². The fraction of sp³-hybridized carbons (Fsp3) is 0.562. The maximum atomic E-state index is 12.0. The number of carbonyl (C=O) groups excluding carboxylic acids is 1. The largest absolute Gasteiger partial charge is 0.494 e. The van der Waals surface area contributed by atoms with Gasteiger partial charge in [0.25, 0.3) is 0 Å². The fourth-order valence-corrected chi connectivity index (χ4v) is 2.41. The first-order valence-electron chi connectivity index (χ1n) is 7.94. The average molecular weight is 323 g/mol. The molecule has 0 spiro atoms. The van der Waals surface area contributed by atoms with Crippen molar-refractivity contribution in [3.63, 3.8) is 0 Å². The molecular formula is C16H25N3O4. The summed E-state index contributed by atoms with van der Waals surface area (Å²) in [5, 5.41) is 11.7. The van der Waals surface area contributed by atoms with Crippen molar-refractivity contribution < 1.29 is 19.4 Å².